The first kappa shape index (κ1) is 23.5. The van der Waals surface area contributed by atoms with Gasteiger partial charge >= 0.3 is 0 Å². The van der Waals surface area contributed by atoms with Gasteiger partial charge in [0.05, 0.1) is 11.1 Å². The summed E-state index contributed by atoms with van der Waals surface area (Å²) in [7, 11) is 1.83. The largest absolute Gasteiger partial charge is 0.490 e. The Morgan fingerprint density at radius 1 is 1.16 bits per heavy atom. The number of rotatable bonds is 12. The minimum absolute atomic E-state index is 0.263. The molecule has 0 saturated carbocycles. The molecule has 2 aromatic carbocycles. The smallest absolute Gasteiger partial charge is 0.209 e. The van der Waals surface area contributed by atoms with E-state index in [1.807, 2.05) is 26.1 Å². The van der Waals surface area contributed by atoms with Crippen LogP contribution < -0.4 is 14.8 Å². The van der Waals surface area contributed by atoms with E-state index in [2.05, 4.69) is 36.8 Å². The van der Waals surface area contributed by atoms with Gasteiger partial charge in [-0.3, -0.25) is 0 Å². The van der Waals surface area contributed by atoms with Crippen LogP contribution in [0.25, 0.3) is 0 Å². The Balaban J connectivity index is 1.51. The lowest BCUT2D eigenvalue weighted by molar-refractivity contribution is 0.267. The number of hydrogen-bond donors (Lipinski definition) is 1. The number of thioether (sulfide) groups is 1. The van der Waals surface area contributed by atoms with Crippen LogP contribution in [0.15, 0.2) is 46.0 Å². The molecule has 10 heteroatoms. The molecule has 0 saturated heterocycles. The van der Waals surface area contributed by atoms with E-state index >= 15 is 0 Å². The van der Waals surface area contributed by atoms with Gasteiger partial charge in [-0.15, -0.1) is 5.10 Å². The molecule has 3 aromatic rings. The molecule has 0 atom stereocenters. The van der Waals surface area contributed by atoms with Crippen LogP contribution >= 0.6 is 27.7 Å². The van der Waals surface area contributed by atoms with Crippen molar-refractivity contribution in [3.8, 4) is 11.5 Å². The van der Waals surface area contributed by atoms with Crippen LogP contribution in [0.5, 0.6) is 11.5 Å². The van der Waals surface area contributed by atoms with Gasteiger partial charge in [-0.2, -0.15) is 0 Å². The molecular formula is C21H25BrFN5O2S. The summed E-state index contributed by atoms with van der Waals surface area (Å²) >= 11 is 5.24. The number of hydrogen-bond acceptors (Lipinski definition) is 7. The molecular weight excluding hydrogens is 485 g/mol. The molecule has 3 rings (SSSR count). The van der Waals surface area contributed by atoms with Gasteiger partial charge in [-0.05, 0) is 81.6 Å². The first-order chi connectivity index (χ1) is 15.1. The van der Waals surface area contributed by atoms with Crippen LogP contribution in [-0.4, -0.2) is 39.1 Å². The number of ether oxygens (including phenoxy) is 2. The van der Waals surface area contributed by atoms with Crippen molar-refractivity contribution in [3.05, 3.63) is 57.8 Å². The lowest BCUT2D eigenvalue weighted by Gasteiger charge is -2.16. The van der Waals surface area contributed by atoms with Crippen molar-refractivity contribution >= 4 is 27.7 Å². The van der Waals surface area contributed by atoms with Crippen LogP contribution in [-0.2, 0) is 20.2 Å². The average molecular weight is 510 g/mol. The van der Waals surface area contributed by atoms with E-state index < -0.39 is 0 Å². The van der Waals surface area contributed by atoms with Gasteiger partial charge in [0.1, 0.15) is 12.4 Å². The molecule has 0 amide bonds. The summed E-state index contributed by atoms with van der Waals surface area (Å²) in [6.07, 6.45) is 0.996. The Morgan fingerprint density at radius 2 is 1.97 bits per heavy atom. The normalized spacial score (nSPS) is 11.0. The summed E-state index contributed by atoms with van der Waals surface area (Å²) in [6.45, 7) is 4.39. The van der Waals surface area contributed by atoms with Gasteiger partial charge in [0.2, 0.25) is 5.16 Å². The fraction of sp³-hybridized carbons (Fsp3) is 0.381. The number of nitrogens with one attached hydrogen (secondary N) is 1. The zero-order chi connectivity index (χ0) is 22.1. The lowest BCUT2D eigenvalue weighted by Crippen LogP contribution is -2.15. The minimum Gasteiger partial charge on any atom is -0.490 e. The summed E-state index contributed by atoms with van der Waals surface area (Å²) in [6, 6.07) is 10.3. The predicted octanol–water partition coefficient (Wildman–Crippen LogP) is 4.36. The maximum absolute atomic E-state index is 13.1. The first-order valence-corrected chi connectivity index (χ1v) is 11.7. The zero-order valence-corrected chi connectivity index (χ0v) is 19.9. The van der Waals surface area contributed by atoms with E-state index in [0.717, 1.165) is 39.5 Å². The molecule has 0 aliphatic rings. The molecule has 1 N–H and O–H groups in total. The van der Waals surface area contributed by atoms with Crippen LogP contribution in [0.4, 0.5) is 4.39 Å². The van der Waals surface area contributed by atoms with E-state index in [-0.39, 0.29) is 5.82 Å². The maximum Gasteiger partial charge on any atom is 0.209 e. The minimum atomic E-state index is -0.263. The third kappa shape index (κ3) is 7.19. The van der Waals surface area contributed by atoms with Crippen molar-refractivity contribution in [2.75, 3.05) is 18.9 Å². The molecule has 0 aliphatic heterocycles. The maximum atomic E-state index is 13.1. The number of benzene rings is 2. The van der Waals surface area contributed by atoms with Crippen molar-refractivity contribution in [2.45, 2.75) is 31.7 Å². The number of tetrazole rings is 1. The molecule has 0 fully saturated rings. The van der Waals surface area contributed by atoms with E-state index in [0.29, 0.717) is 31.3 Å². The highest BCUT2D eigenvalue weighted by atomic mass is 79.9. The van der Waals surface area contributed by atoms with Crippen LogP contribution in [0.3, 0.4) is 0 Å². The van der Waals surface area contributed by atoms with Crippen molar-refractivity contribution in [2.24, 2.45) is 7.05 Å². The third-order valence-electron chi connectivity index (χ3n) is 4.31. The molecule has 1 heterocycles. The fourth-order valence-corrected chi connectivity index (χ4v) is 4.19. The number of nitrogens with zero attached hydrogens (tertiary/aromatic N) is 4. The van der Waals surface area contributed by atoms with E-state index in [4.69, 9.17) is 9.47 Å². The molecule has 31 heavy (non-hydrogen) atoms. The molecule has 0 spiro atoms. The van der Waals surface area contributed by atoms with E-state index in [1.165, 1.54) is 12.1 Å². The number of aromatic nitrogens is 4. The molecule has 0 aliphatic carbocycles. The Kier molecular flexibility index (Phi) is 9.11. The number of halogens is 2. The van der Waals surface area contributed by atoms with Gasteiger partial charge in [0, 0.05) is 19.3 Å². The second-order valence-corrected chi connectivity index (χ2v) is 8.63. The van der Waals surface area contributed by atoms with Crippen LogP contribution in [0.2, 0.25) is 0 Å². The van der Waals surface area contributed by atoms with Gasteiger partial charge < -0.3 is 14.8 Å². The standard InChI is InChI=1S/C21H25BrFN5O2S/c1-3-29-19-12-16(13-24-9-4-10-31-21-25-26-27-28(21)2)11-18(22)20(19)30-14-15-5-7-17(23)8-6-15/h5-8,11-12,24H,3-4,9-10,13-14H2,1-2H3. The topological polar surface area (TPSA) is 74.1 Å². The highest BCUT2D eigenvalue weighted by Crippen LogP contribution is 2.37. The highest BCUT2D eigenvalue weighted by molar-refractivity contribution is 9.10. The zero-order valence-electron chi connectivity index (χ0n) is 17.5. The Labute approximate surface area is 193 Å². The summed E-state index contributed by atoms with van der Waals surface area (Å²) in [5.41, 5.74) is 1.98. The molecule has 0 unspecified atom stereocenters. The average Bonchev–Trinajstić information content (AvgIpc) is 3.16. The molecule has 1 aromatic heterocycles. The lowest BCUT2D eigenvalue weighted by atomic mass is 10.2. The third-order valence-corrected chi connectivity index (χ3v) is 5.99. The van der Waals surface area contributed by atoms with E-state index in [9.17, 15) is 4.39 Å². The van der Waals surface area contributed by atoms with Crippen LogP contribution in [0, 0.1) is 5.82 Å². The Hall–Kier alpha value is -2.17. The summed E-state index contributed by atoms with van der Waals surface area (Å²) in [5.74, 6) is 2.00. The number of aryl methyl sites for hydroxylation is 1. The van der Waals surface area contributed by atoms with Gasteiger partial charge in [0.25, 0.3) is 0 Å². The van der Waals surface area contributed by atoms with Crippen molar-refractivity contribution in [1.82, 2.24) is 25.5 Å². The van der Waals surface area contributed by atoms with Crippen molar-refractivity contribution in [1.29, 1.82) is 0 Å². The quantitative estimate of drug-likeness (QED) is 0.287. The monoisotopic (exact) mass is 509 g/mol. The predicted molar refractivity (Wildman–Crippen MR) is 122 cm³/mol. The highest BCUT2D eigenvalue weighted by Gasteiger charge is 2.13. The first-order valence-electron chi connectivity index (χ1n) is 9.95. The molecule has 0 bridgehead atoms. The van der Waals surface area contributed by atoms with Gasteiger partial charge in [-0.25, -0.2) is 9.07 Å². The Morgan fingerprint density at radius 3 is 2.68 bits per heavy atom. The van der Waals surface area contributed by atoms with Gasteiger partial charge in [-0.1, -0.05) is 23.9 Å². The Bertz CT molecular complexity index is 971. The SMILES string of the molecule is CCOc1cc(CNCCCSc2nnnn2C)cc(Br)c1OCc1ccc(F)cc1. The summed E-state index contributed by atoms with van der Waals surface area (Å²) in [4.78, 5) is 0. The van der Waals surface area contributed by atoms with Crippen LogP contribution in [0.1, 0.15) is 24.5 Å². The second kappa shape index (κ2) is 12.0. The van der Waals surface area contributed by atoms with E-state index in [1.54, 1.807) is 28.6 Å². The summed E-state index contributed by atoms with van der Waals surface area (Å²) in [5, 5.41) is 15.7. The van der Waals surface area contributed by atoms with Crippen molar-refractivity contribution < 1.29 is 13.9 Å². The second-order valence-electron chi connectivity index (χ2n) is 6.72. The molecule has 0 radical (unpaired) electrons. The fourth-order valence-electron chi connectivity index (χ4n) is 2.80. The summed E-state index contributed by atoms with van der Waals surface area (Å²) < 4.78 is 27.3. The molecule has 166 valence electrons. The van der Waals surface area contributed by atoms with Crippen molar-refractivity contribution in [3.63, 3.8) is 0 Å². The molecule has 7 nitrogen and oxygen atoms in total. The van der Waals surface area contributed by atoms with Gasteiger partial charge in [0.15, 0.2) is 11.5 Å².